The summed E-state index contributed by atoms with van der Waals surface area (Å²) < 4.78 is 12.1. The maximum Gasteiger partial charge on any atom is 0.200 e. The fourth-order valence-electron chi connectivity index (χ4n) is 3.17. The molecule has 0 unspecified atom stereocenters. The second kappa shape index (κ2) is 18.9. The molecule has 0 fully saturated rings. The van der Waals surface area contributed by atoms with Gasteiger partial charge in [0.25, 0.3) is 0 Å². The van der Waals surface area contributed by atoms with Crippen LogP contribution in [0.25, 0.3) is 0 Å². The van der Waals surface area contributed by atoms with Gasteiger partial charge in [-0.05, 0) is 25.7 Å². The summed E-state index contributed by atoms with van der Waals surface area (Å²) in [5.74, 6) is 0. The van der Waals surface area contributed by atoms with Gasteiger partial charge in [-0.25, -0.2) is 0 Å². The van der Waals surface area contributed by atoms with Crippen LogP contribution < -0.4 is 0 Å². The molecule has 0 spiro atoms. The van der Waals surface area contributed by atoms with Crippen molar-refractivity contribution in [2.75, 3.05) is 25.5 Å². The van der Waals surface area contributed by atoms with E-state index in [1.165, 1.54) is 38.5 Å². The molecule has 0 aromatic heterocycles. The van der Waals surface area contributed by atoms with Crippen LogP contribution in [-0.2, 0) is 4.57 Å². The molecule has 0 amide bonds. The highest BCUT2D eigenvalue weighted by Gasteiger charge is 2.16. The molecule has 0 saturated heterocycles. The van der Waals surface area contributed by atoms with Crippen LogP contribution in [0.4, 0.5) is 0 Å². The lowest BCUT2D eigenvalue weighted by Gasteiger charge is -2.11. The van der Waals surface area contributed by atoms with E-state index in [4.69, 9.17) is 10.2 Å². The summed E-state index contributed by atoms with van der Waals surface area (Å²) >= 11 is 0. The predicted molar refractivity (Wildman–Crippen MR) is 108 cm³/mol. The summed E-state index contributed by atoms with van der Waals surface area (Å²) in [6, 6.07) is 0. The number of hydrogen-bond acceptors (Lipinski definition) is 3. The molecule has 152 valence electrons. The Bertz CT molecular complexity index is 284. The van der Waals surface area contributed by atoms with Gasteiger partial charge in [0.05, 0.1) is 0 Å². The maximum absolute atomic E-state index is 12.1. The molecule has 0 radical (unpaired) electrons. The molecule has 0 atom stereocenters. The zero-order valence-electron chi connectivity index (χ0n) is 16.3. The van der Waals surface area contributed by atoms with Gasteiger partial charge < -0.3 is 15.1 Å². The molecule has 25 heavy (non-hydrogen) atoms. The van der Waals surface area contributed by atoms with Gasteiger partial charge in [-0.3, -0.25) is 4.57 Å². The second-order valence-corrected chi connectivity index (χ2v) is 9.98. The standard InChI is InChI=1S/C20H43O4P/c21-17-13-9-5-1-3-7-11-15-19-25(23,24)20-16-12-8-4-2-6-10-14-18-22/h21-22H,1-20H2,(H,23,24). The molecule has 0 bridgehead atoms. The molecule has 3 N–H and O–H groups in total. The van der Waals surface area contributed by atoms with Crippen molar-refractivity contribution in [3.63, 3.8) is 0 Å². The van der Waals surface area contributed by atoms with Crippen molar-refractivity contribution in [3.05, 3.63) is 0 Å². The lowest BCUT2D eigenvalue weighted by atomic mass is 10.1. The molecule has 0 aliphatic heterocycles. The van der Waals surface area contributed by atoms with E-state index >= 15 is 0 Å². The van der Waals surface area contributed by atoms with E-state index in [2.05, 4.69) is 0 Å². The van der Waals surface area contributed by atoms with Crippen molar-refractivity contribution in [1.29, 1.82) is 0 Å². The summed E-state index contributed by atoms with van der Waals surface area (Å²) in [4.78, 5) is 10.0. The second-order valence-electron chi connectivity index (χ2n) is 7.40. The maximum atomic E-state index is 12.1. The smallest absolute Gasteiger partial charge is 0.200 e. The first kappa shape index (κ1) is 25.1. The van der Waals surface area contributed by atoms with Gasteiger partial charge in [0.15, 0.2) is 0 Å². The van der Waals surface area contributed by atoms with E-state index in [1.54, 1.807) is 0 Å². The lowest BCUT2D eigenvalue weighted by molar-refractivity contribution is 0.282. The zero-order valence-corrected chi connectivity index (χ0v) is 17.2. The zero-order chi connectivity index (χ0) is 18.6. The number of unbranched alkanes of at least 4 members (excludes halogenated alkanes) is 14. The van der Waals surface area contributed by atoms with E-state index in [0.717, 1.165) is 64.2 Å². The Kier molecular flexibility index (Phi) is 19.0. The summed E-state index contributed by atoms with van der Waals surface area (Å²) in [6.07, 6.45) is 18.5. The van der Waals surface area contributed by atoms with Crippen LogP contribution >= 0.6 is 7.37 Å². The fourth-order valence-corrected chi connectivity index (χ4v) is 4.83. The number of rotatable bonds is 20. The van der Waals surface area contributed by atoms with Gasteiger partial charge in [-0.1, -0.05) is 77.0 Å². The van der Waals surface area contributed by atoms with Gasteiger partial charge in [0, 0.05) is 25.5 Å². The van der Waals surface area contributed by atoms with Crippen LogP contribution in [0.15, 0.2) is 0 Å². The van der Waals surface area contributed by atoms with Gasteiger partial charge in [-0.15, -0.1) is 0 Å². The molecule has 0 saturated carbocycles. The quantitative estimate of drug-likeness (QED) is 0.193. The monoisotopic (exact) mass is 378 g/mol. The lowest BCUT2D eigenvalue weighted by Crippen LogP contribution is -1.96. The molecule has 0 aliphatic carbocycles. The van der Waals surface area contributed by atoms with Gasteiger partial charge in [0.1, 0.15) is 0 Å². The van der Waals surface area contributed by atoms with Crippen molar-refractivity contribution in [3.8, 4) is 0 Å². The minimum absolute atomic E-state index is 0.302. The van der Waals surface area contributed by atoms with E-state index in [1.807, 2.05) is 0 Å². The van der Waals surface area contributed by atoms with E-state index in [0.29, 0.717) is 25.5 Å². The molecular formula is C20H43O4P. The van der Waals surface area contributed by atoms with Crippen LogP contribution in [-0.4, -0.2) is 40.6 Å². The third-order valence-electron chi connectivity index (χ3n) is 4.83. The first-order valence-electron chi connectivity index (χ1n) is 10.6. The number of aliphatic hydroxyl groups excluding tert-OH is 2. The Balaban J connectivity index is 3.34. The average molecular weight is 379 g/mol. The Morgan fingerprint density at radius 3 is 0.960 bits per heavy atom. The van der Waals surface area contributed by atoms with Crippen LogP contribution in [0, 0.1) is 0 Å². The molecule has 4 nitrogen and oxygen atoms in total. The summed E-state index contributed by atoms with van der Waals surface area (Å²) in [7, 11) is -2.89. The normalized spacial score (nSPS) is 12.0. The van der Waals surface area contributed by atoms with Crippen molar-refractivity contribution >= 4 is 7.37 Å². The SMILES string of the molecule is O=P(O)(CCCCCCCCCCO)CCCCCCCCCCO. The molecule has 0 aromatic rings. The highest BCUT2D eigenvalue weighted by atomic mass is 31.2. The van der Waals surface area contributed by atoms with Crippen LogP contribution in [0.2, 0.25) is 0 Å². The number of aliphatic hydroxyl groups is 2. The molecule has 5 heteroatoms. The Labute approximate surface area is 155 Å². The van der Waals surface area contributed by atoms with Crippen molar-refractivity contribution in [1.82, 2.24) is 0 Å². The minimum atomic E-state index is -2.89. The largest absolute Gasteiger partial charge is 0.396 e. The third kappa shape index (κ3) is 20.3. The van der Waals surface area contributed by atoms with Crippen molar-refractivity contribution < 1.29 is 19.7 Å². The third-order valence-corrected chi connectivity index (χ3v) is 6.86. The van der Waals surface area contributed by atoms with E-state index < -0.39 is 7.37 Å². The van der Waals surface area contributed by atoms with Gasteiger partial charge in [0.2, 0.25) is 7.37 Å². The highest BCUT2D eigenvalue weighted by Crippen LogP contribution is 2.42. The van der Waals surface area contributed by atoms with Gasteiger partial charge >= 0.3 is 0 Å². The molecule has 0 aliphatic rings. The summed E-state index contributed by atoms with van der Waals surface area (Å²) in [5, 5.41) is 17.4. The average Bonchev–Trinajstić information content (AvgIpc) is 2.59. The predicted octanol–water partition coefficient (Wildman–Crippen LogP) is 5.48. The molecule has 0 rings (SSSR count). The van der Waals surface area contributed by atoms with Gasteiger partial charge in [-0.2, -0.15) is 0 Å². The molecule has 0 heterocycles. The minimum Gasteiger partial charge on any atom is -0.396 e. The van der Waals surface area contributed by atoms with Crippen LogP contribution in [0.3, 0.4) is 0 Å². The fraction of sp³-hybridized carbons (Fsp3) is 1.00. The van der Waals surface area contributed by atoms with E-state index in [9.17, 15) is 9.46 Å². The van der Waals surface area contributed by atoms with E-state index in [-0.39, 0.29) is 0 Å². The first-order valence-corrected chi connectivity index (χ1v) is 12.7. The van der Waals surface area contributed by atoms with Crippen LogP contribution in [0.1, 0.15) is 103 Å². The topological polar surface area (TPSA) is 77.8 Å². The van der Waals surface area contributed by atoms with Crippen molar-refractivity contribution in [2.45, 2.75) is 103 Å². The first-order chi connectivity index (χ1) is 12.1. The summed E-state index contributed by atoms with van der Waals surface area (Å²) in [5.41, 5.74) is 0. The Hall–Kier alpha value is 0.110. The molecular weight excluding hydrogens is 335 g/mol. The Morgan fingerprint density at radius 1 is 0.440 bits per heavy atom. The molecule has 0 aromatic carbocycles. The van der Waals surface area contributed by atoms with Crippen LogP contribution in [0.5, 0.6) is 0 Å². The Morgan fingerprint density at radius 2 is 0.680 bits per heavy atom. The summed E-state index contributed by atoms with van der Waals surface area (Å²) in [6.45, 7) is 0.604. The number of hydrogen-bond donors (Lipinski definition) is 3. The highest BCUT2D eigenvalue weighted by molar-refractivity contribution is 7.57. The van der Waals surface area contributed by atoms with Crippen molar-refractivity contribution in [2.24, 2.45) is 0 Å².